The fraction of sp³-hybridized carbons (Fsp3) is 0.0909. The van der Waals surface area contributed by atoms with Crippen LogP contribution in [0.5, 0.6) is 11.5 Å². The Hall–Kier alpha value is -4.80. The Bertz CT molecular complexity index is 1230. The van der Waals surface area contributed by atoms with Gasteiger partial charge in [-0.15, -0.1) is 0 Å². The van der Waals surface area contributed by atoms with Crippen LogP contribution in [-0.2, 0) is 0 Å². The molecule has 168 valence electrons. The Labute approximate surface area is 186 Å². The first-order chi connectivity index (χ1) is 15.8. The van der Waals surface area contributed by atoms with E-state index in [0.29, 0.717) is 22.5 Å². The zero-order valence-corrected chi connectivity index (χ0v) is 17.6. The summed E-state index contributed by atoms with van der Waals surface area (Å²) in [5, 5.41) is 22.3. The number of benzene rings is 2. The van der Waals surface area contributed by atoms with E-state index in [1.54, 1.807) is 36.4 Å². The minimum Gasteiger partial charge on any atom is -0.490 e. The number of rotatable bonds is 8. The lowest BCUT2D eigenvalue weighted by molar-refractivity contribution is -0.385. The Morgan fingerprint density at radius 2 is 1.33 bits per heavy atom. The third-order valence-corrected chi connectivity index (χ3v) is 4.49. The van der Waals surface area contributed by atoms with Gasteiger partial charge in [0.25, 0.3) is 0 Å². The molecule has 0 spiro atoms. The first-order valence-electron chi connectivity index (χ1n) is 9.43. The molecule has 0 saturated carbocycles. The van der Waals surface area contributed by atoms with E-state index in [-0.39, 0.29) is 22.9 Å². The van der Waals surface area contributed by atoms with E-state index in [9.17, 15) is 25.0 Å². The number of aromatic amines is 1. The van der Waals surface area contributed by atoms with Gasteiger partial charge in [0, 0.05) is 17.8 Å². The van der Waals surface area contributed by atoms with Gasteiger partial charge in [-0.3, -0.25) is 20.2 Å². The van der Waals surface area contributed by atoms with Crippen molar-refractivity contribution in [2.75, 3.05) is 14.2 Å². The Morgan fingerprint density at radius 3 is 1.82 bits per heavy atom. The quantitative estimate of drug-likeness (QED) is 0.400. The maximum Gasteiger partial charge on any atom is 0.345 e. The maximum absolute atomic E-state index is 11.9. The van der Waals surface area contributed by atoms with Gasteiger partial charge in [-0.05, 0) is 41.5 Å². The van der Waals surface area contributed by atoms with E-state index in [1.165, 1.54) is 44.6 Å². The Kier molecular flexibility index (Phi) is 6.94. The molecule has 1 aromatic heterocycles. The van der Waals surface area contributed by atoms with Crippen LogP contribution in [0.3, 0.4) is 0 Å². The van der Waals surface area contributed by atoms with Gasteiger partial charge in [0.2, 0.25) is 0 Å². The van der Waals surface area contributed by atoms with E-state index >= 15 is 0 Å². The largest absolute Gasteiger partial charge is 0.490 e. The highest BCUT2D eigenvalue weighted by molar-refractivity contribution is 5.73. The van der Waals surface area contributed by atoms with Crippen LogP contribution in [0.25, 0.3) is 24.3 Å². The van der Waals surface area contributed by atoms with Crippen molar-refractivity contribution in [2.45, 2.75) is 0 Å². The lowest BCUT2D eigenvalue weighted by Gasteiger charge is -2.02. The van der Waals surface area contributed by atoms with E-state index in [2.05, 4.69) is 9.97 Å². The van der Waals surface area contributed by atoms with E-state index in [1.807, 2.05) is 0 Å². The van der Waals surface area contributed by atoms with Crippen molar-refractivity contribution in [2.24, 2.45) is 0 Å². The third-order valence-electron chi connectivity index (χ3n) is 4.49. The molecular weight excluding hydrogens is 432 g/mol. The lowest BCUT2D eigenvalue weighted by atomic mass is 10.1. The molecule has 0 bridgehead atoms. The summed E-state index contributed by atoms with van der Waals surface area (Å²) in [4.78, 5) is 39.6. The number of H-pyrrole nitrogens is 1. The highest BCUT2D eigenvalue weighted by Gasteiger charge is 2.15. The molecule has 0 aliphatic carbocycles. The van der Waals surface area contributed by atoms with Crippen LogP contribution in [0.1, 0.15) is 22.5 Å². The number of aromatic nitrogens is 2. The molecule has 3 rings (SSSR count). The second kappa shape index (κ2) is 10.0. The number of nitro benzene ring substituents is 2. The number of hydrogen-bond donors (Lipinski definition) is 1. The van der Waals surface area contributed by atoms with Crippen molar-refractivity contribution >= 4 is 35.7 Å². The minimum atomic E-state index is -0.599. The SMILES string of the molecule is COc1ccc(C=Cc2cc(C=Cc3ccc(OC)c([N+](=O)[O-])c3)[nH]c(=O)n2)cc1[N+](=O)[O-]. The van der Waals surface area contributed by atoms with Crippen LogP contribution >= 0.6 is 0 Å². The topological polar surface area (TPSA) is 150 Å². The van der Waals surface area contributed by atoms with Crippen LogP contribution in [0, 0.1) is 20.2 Å². The standard InChI is InChI=1S/C22H18N4O7/c1-32-20-9-5-14(11-18(20)25(28)29)3-7-16-13-17(24-22(27)23-16)8-4-15-6-10-21(33-2)19(12-15)26(30)31/h3-13H,1-2H3,(H,23,24,27). The molecule has 11 nitrogen and oxygen atoms in total. The predicted octanol–water partition coefficient (Wildman–Crippen LogP) is 3.94. The van der Waals surface area contributed by atoms with Crippen molar-refractivity contribution in [3.05, 3.63) is 95.7 Å². The first kappa shape index (κ1) is 22.9. The van der Waals surface area contributed by atoms with Crippen LogP contribution in [0.2, 0.25) is 0 Å². The van der Waals surface area contributed by atoms with Gasteiger partial charge in [0.05, 0.1) is 29.8 Å². The van der Waals surface area contributed by atoms with Gasteiger partial charge >= 0.3 is 17.1 Å². The van der Waals surface area contributed by atoms with Crippen molar-refractivity contribution in [1.82, 2.24) is 9.97 Å². The van der Waals surface area contributed by atoms with E-state index in [0.717, 1.165) is 0 Å². The molecule has 0 aliphatic rings. The molecule has 0 atom stereocenters. The molecule has 3 aromatic rings. The molecular formula is C22H18N4O7. The van der Waals surface area contributed by atoms with Crippen LogP contribution < -0.4 is 15.2 Å². The van der Waals surface area contributed by atoms with Crippen LogP contribution in [-0.4, -0.2) is 34.0 Å². The average molecular weight is 450 g/mol. The summed E-state index contributed by atoms with van der Waals surface area (Å²) >= 11 is 0. The fourth-order valence-electron chi connectivity index (χ4n) is 2.95. The Morgan fingerprint density at radius 1 is 0.818 bits per heavy atom. The summed E-state index contributed by atoms with van der Waals surface area (Å²) in [6, 6.07) is 10.5. The van der Waals surface area contributed by atoms with Gasteiger partial charge in [0.1, 0.15) is 0 Å². The third kappa shape index (κ3) is 5.67. The van der Waals surface area contributed by atoms with Gasteiger partial charge in [-0.25, -0.2) is 4.79 Å². The summed E-state index contributed by atoms with van der Waals surface area (Å²) < 4.78 is 9.96. The highest BCUT2D eigenvalue weighted by atomic mass is 16.6. The monoisotopic (exact) mass is 450 g/mol. The highest BCUT2D eigenvalue weighted by Crippen LogP contribution is 2.29. The first-order valence-corrected chi connectivity index (χ1v) is 9.43. The maximum atomic E-state index is 11.9. The normalized spacial score (nSPS) is 11.1. The molecule has 33 heavy (non-hydrogen) atoms. The zero-order valence-electron chi connectivity index (χ0n) is 17.6. The molecule has 0 amide bonds. The van der Waals surface area contributed by atoms with Gasteiger partial charge < -0.3 is 14.5 Å². The molecule has 0 saturated heterocycles. The van der Waals surface area contributed by atoms with Crippen molar-refractivity contribution in [1.29, 1.82) is 0 Å². The number of ether oxygens (including phenoxy) is 2. The smallest absolute Gasteiger partial charge is 0.345 e. The number of nitrogens with zero attached hydrogens (tertiary/aromatic N) is 3. The number of methoxy groups -OCH3 is 2. The Balaban J connectivity index is 1.87. The van der Waals surface area contributed by atoms with E-state index < -0.39 is 15.5 Å². The zero-order chi connectivity index (χ0) is 24.0. The number of nitro groups is 2. The van der Waals surface area contributed by atoms with E-state index in [4.69, 9.17) is 9.47 Å². The fourth-order valence-corrected chi connectivity index (χ4v) is 2.95. The average Bonchev–Trinajstić information content (AvgIpc) is 2.80. The van der Waals surface area contributed by atoms with Gasteiger partial charge in [-0.2, -0.15) is 4.98 Å². The summed E-state index contributed by atoms with van der Waals surface area (Å²) in [6.45, 7) is 0. The molecule has 0 unspecified atom stereocenters. The second-order valence-corrected chi connectivity index (χ2v) is 6.61. The van der Waals surface area contributed by atoms with Crippen LogP contribution in [0.4, 0.5) is 11.4 Å². The summed E-state index contributed by atoms with van der Waals surface area (Å²) in [5.41, 5.74) is 0.815. The van der Waals surface area contributed by atoms with Crippen LogP contribution in [0.15, 0.2) is 47.3 Å². The molecule has 2 aromatic carbocycles. The minimum absolute atomic E-state index is 0.137. The van der Waals surface area contributed by atoms with Gasteiger partial charge in [0.15, 0.2) is 11.5 Å². The van der Waals surface area contributed by atoms with Crippen molar-refractivity contribution in [3.63, 3.8) is 0 Å². The molecule has 0 aliphatic heterocycles. The molecule has 11 heteroatoms. The van der Waals surface area contributed by atoms with Crippen molar-refractivity contribution in [3.8, 4) is 11.5 Å². The predicted molar refractivity (Wildman–Crippen MR) is 122 cm³/mol. The summed E-state index contributed by atoms with van der Waals surface area (Å²) in [7, 11) is 2.69. The molecule has 1 heterocycles. The number of nitrogens with one attached hydrogen (secondary N) is 1. The molecule has 0 fully saturated rings. The van der Waals surface area contributed by atoms with Crippen molar-refractivity contribution < 1.29 is 19.3 Å². The van der Waals surface area contributed by atoms with Gasteiger partial charge in [-0.1, -0.05) is 24.3 Å². The summed E-state index contributed by atoms with van der Waals surface area (Å²) in [5.74, 6) is 0.276. The molecule has 0 radical (unpaired) electrons. The second-order valence-electron chi connectivity index (χ2n) is 6.61. The summed E-state index contributed by atoms with van der Waals surface area (Å²) in [6.07, 6.45) is 6.28. The lowest BCUT2D eigenvalue weighted by Crippen LogP contribution is -2.12. The number of hydrogen-bond acceptors (Lipinski definition) is 8. The molecule has 1 N–H and O–H groups in total.